The quantitative estimate of drug-likeness (QED) is 0.252. The first-order valence-corrected chi connectivity index (χ1v) is 11.6. The summed E-state index contributed by atoms with van der Waals surface area (Å²) in [4.78, 5) is 36.0. The number of hydrogen-bond donors (Lipinski definition) is 1. The maximum atomic E-state index is 12.7. The molecular weight excluding hydrogens is 571 g/mol. The number of non-ortho nitro benzene ring substituents is 2. The number of ether oxygens (including phenoxy) is 1. The van der Waals surface area contributed by atoms with Crippen molar-refractivity contribution in [3.63, 3.8) is 0 Å². The smallest absolute Gasteiger partial charge is 0.320 e. The predicted molar refractivity (Wildman–Crippen MR) is 125 cm³/mol. The monoisotopic (exact) mass is 578 g/mol. The minimum absolute atomic E-state index is 0.0167. The van der Waals surface area contributed by atoms with E-state index >= 15 is 0 Å². The van der Waals surface area contributed by atoms with Gasteiger partial charge in [0.25, 0.3) is 21.4 Å². The minimum atomic E-state index is -4.65. The molecule has 0 spiro atoms. The Labute approximate surface area is 215 Å². The lowest BCUT2D eigenvalue weighted by Gasteiger charge is -2.13. The number of nitrogens with zero attached hydrogens (tertiary/aromatic N) is 3. The number of rotatable bonds is 9. The van der Waals surface area contributed by atoms with Crippen LogP contribution in [-0.4, -0.2) is 23.2 Å². The lowest BCUT2D eigenvalue weighted by atomic mass is 10.2. The highest BCUT2D eigenvalue weighted by molar-refractivity contribution is 7.89. The molecule has 1 N–H and O–H groups in total. The summed E-state index contributed by atoms with van der Waals surface area (Å²) in [6, 6.07) is 7.75. The Hall–Kier alpha value is -3.76. The second-order valence-electron chi connectivity index (χ2n) is 6.55. The number of sulfonamides is 1. The van der Waals surface area contributed by atoms with Gasteiger partial charge in [-0.3, -0.25) is 30.3 Å². The molecule has 0 aromatic heterocycles. The summed E-state index contributed by atoms with van der Waals surface area (Å²) < 4.78 is 30.9. The Kier molecular flexibility index (Phi) is 7.80. The van der Waals surface area contributed by atoms with Gasteiger partial charge in [0.2, 0.25) is 5.75 Å². The topological polar surface area (TPSA) is 194 Å². The SMILES string of the molecule is O=[N+]([O-])c1ccc(Oc2cc(Cl)c(S(=O)(=O)NOc3ccc([N+](=O)[O-])cc3[N+](=O)[O-])c(Cl)c2)c(Cl)c1. The van der Waals surface area contributed by atoms with Gasteiger partial charge >= 0.3 is 5.69 Å². The zero-order valence-electron chi connectivity index (χ0n) is 17.1. The highest BCUT2D eigenvalue weighted by atomic mass is 35.5. The fourth-order valence-electron chi connectivity index (χ4n) is 2.66. The molecule has 18 heteroatoms. The Morgan fingerprint density at radius 2 is 1.25 bits per heavy atom. The lowest BCUT2D eigenvalue weighted by Crippen LogP contribution is -2.28. The summed E-state index contributed by atoms with van der Waals surface area (Å²) >= 11 is 18.1. The number of nitro groups is 3. The Morgan fingerprint density at radius 1 is 0.722 bits per heavy atom. The van der Waals surface area contributed by atoms with E-state index in [1.165, 1.54) is 6.07 Å². The molecule has 0 atom stereocenters. The van der Waals surface area contributed by atoms with Crippen LogP contribution in [0.1, 0.15) is 0 Å². The number of nitrogens with one attached hydrogen (secondary N) is 1. The molecule has 0 aliphatic carbocycles. The molecule has 14 nitrogen and oxygen atoms in total. The van der Waals surface area contributed by atoms with Gasteiger partial charge in [0, 0.05) is 30.3 Å². The molecule has 0 radical (unpaired) electrons. The molecule has 3 aromatic carbocycles. The number of benzene rings is 3. The molecule has 0 saturated heterocycles. The first-order valence-electron chi connectivity index (χ1n) is 9.02. The zero-order valence-corrected chi connectivity index (χ0v) is 20.2. The van der Waals surface area contributed by atoms with E-state index < -0.39 is 56.9 Å². The van der Waals surface area contributed by atoms with Gasteiger partial charge in [0.05, 0.1) is 35.9 Å². The van der Waals surface area contributed by atoms with Crippen LogP contribution in [0.25, 0.3) is 0 Å². The van der Waals surface area contributed by atoms with E-state index in [4.69, 9.17) is 44.4 Å². The van der Waals surface area contributed by atoms with Crippen molar-refractivity contribution >= 4 is 61.9 Å². The van der Waals surface area contributed by atoms with Gasteiger partial charge in [-0.1, -0.05) is 34.8 Å². The fourth-order valence-corrected chi connectivity index (χ4v) is 4.86. The minimum Gasteiger partial charge on any atom is -0.456 e. The second-order valence-corrected chi connectivity index (χ2v) is 9.35. The Morgan fingerprint density at radius 3 is 1.75 bits per heavy atom. The van der Waals surface area contributed by atoms with Gasteiger partial charge < -0.3 is 9.57 Å². The zero-order chi connectivity index (χ0) is 26.8. The van der Waals surface area contributed by atoms with Crippen LogP contribution in [0.4, 0.5) is 17.1 Å². The van der Waals surface area contributed by atoms with Crippen molar-refractivity contribution in [2.75, 3.05) is 0 Å². The van der Waals surface area contributed by atoms with Crippen LogP contribution >= 0.6 is 34.8 Å². The lowest BCUT2D eigenvalue weighted by molar-refractivity contribution is -0.394. The third-order valence-electron chi connectivity index (χ3n) is 4.21. The number of halogens is 3. The summed E-state index contributed by atoms with van der Waals surface area (Å²) in [5, 5.41) is 31.8. The van der Waals surface area contributed by atoms with Crippen molar-refractivity contribution in [1.29, 1.82) is 0 Å². The van der Waals surface area contributed by atoms with E-state index in [1.54, 1.807) is 4.89 Å². The molecule has 0 amide bonds. The van der Waals surface area contributed by atoms with Crippen molar-refractivity contribution < 1.29 is 32.8 Å². The summed E-state index contributed by atoms with van der Waals surface area (Å²) in [7, 11) is -4.65. The predicted octanol–water partition coefficient (Wildman–Crippen LogP) is 5.44. The average molecular weight is 580 g/mol. The average Bonchev–Trinajstić information content (AvgIpc) is 2.78. The molecule has 0 heterocycles. The molecule has 0 unspecified atom stereocenters. The molecule has 0 saturated carbocycles. The van der Waals surface area contributed by atoms with Crippen LogP contribution in [0.5, 0.6) is 17.2 Å². The molecule has 3 rings (SSSR count). The van der Waals surface area contributed by atoms with Gasteiger partial charge in [-0.15, -0.1) is 0 Å². The normalized spacial score (nSPS) is 11.1. The van der Waals surface area contributed by atoms with Gasteiger partial charge in [0.1, 0.15) is 16.4 Å². The summed E-state index contributed by atoms with van der Waals surface area (Å²) in [5.74, 6) is -0.738. The van der Waals surface area contributed by atoms with E-state index in [0.717, 1.165) is 36.4 Å². The third kappa shape index (κ3) is 5.89. The van der Waals surface area contributed by atoms with Gasteiger partial charge in [0.15, 0.2) is 0 Å². The third-order valence-corrected chi connectivity index (χ3v) is 6.60. The Bertz CT molecular complexity index is 1490. The molecule has 0 bridgehead atoms. The van der Waals surface area contributed by atoms with Gasteiger partial charge in [-0.25, -0.2) is 8.42 Å². The molecule has 0 aliphatic rings. The number of nitro benzene ring substituents is 3. The van der Waals surface area contributed by atoms with E-state index in [0.29, 0.717) is 6.07 Å². The van der Waals surface area contributed by atoms with Crippen LogP contribution in [-0.2, 0) is 10.0 Å². The highest BCUT2D eigenvalue weighted by Crippen LogP contribution is 2.38. The maximum absolute atomic E-state index is 12.7. The van der Waals surface area contributed by atoms with Crippen molar-refractivity contribution in [3.8, 4) is 17.2 Å². The van der Waals surface area contributed by atoms with Crippen LogP contribution < -0.4 is 14.5 Å². The maximum Gasteiger partial charge on any atom is 0.320 e. The largest absolute Gasteiger partial charge is 0.456 e. The van der Waals surface area contributed by atoms with Gasteiger partial charge in [-0.2, -0.15) is 0 Å². The van der Waals surface area contributed by atoms with Crippen molar-refractivity contribution in [1.82, 2.24) is 4.89 Å². The first-order chi connectivity index (χ1) is 16.8. The highest BCUT2D eigenvalue weighted by Gasteiger charge is 2.27. The van der Waals surface area contributed by atoms with Crippen LogP contribution in [0.3, 0.4) is 0 Å². The second kappa shape index (κ2) is 10.5. The summed E-state index contributed by atoms with van der Waals surface area (Å²) in [6.07, 6.45) is 0. The summed E-state index contributed by atoms with van der Waals surface area (Å²) in [5.41, 5.74) is -1.79. The van der Waals surface area contributed by atoms with Crippen LogP contribution in [0, 0.1) is 30.3 Å². The van der Waals surface area contributed by atoms with Crippen molar-refractivity contribution in [3.05, 3.63) is 93.9 Å². The molecule has 3 aromatic rings. The van der Waals surface area contributed by atoms with E-state index in [-0.39, 0.29) is 22.2 Å². The molecular formula is C18H9Cl3N4O10S. The fraction of sp³-hybridized carbons (Fsp3) is 0. The van der Waals surface area contributed by atoms with E-state index in [2.05, 4.69) is 0 Å². The van der Waals surface area contributed by atoms with Crippen molar-refractivity contribution in [2.45, 2.75) is 4.90 Å². The van der Waals surface area contributed by atoms with Gasteiger partial charge in [-0.05, 0) is 17.0 Å². The Balaban J connectivity index is 1.86. The summed E-state index contributed by atoms with van der Waals surface area (Å²) in [6.45, 7) is 0. The van der Waals surface area contributed by atoms with E-state index in [9.17, 15) is 38.8 Å². The number of hydrogen-bond acceptors (Lipinski definition) is 10. The van der Waals surface area contributed by atoms with Crippen LogP contribution in [0.15, 0.2) is 53.4 Å². The van der Waals surface area contributed by atoms with Crippen molar-refractivity contribution in [2.24, 2.45) is 0 Å². The molecule has 188 valence electrons. The van der Waals surface area contributed by atoms with E-state index in [1.807, 2.05) is 0 Å². The first kappa shape index (κ1) is 26.8. The van der Waals surface area contributed by atoms with Crippen LogP contribution in [0.2, 0.25) is 15.1 Å². The molecule has 36 heavy (non-hydrogen) atoms. The molecule has 0 aliphatic heterocycles. The standard InChI is InChI=1S/C18H9Cl3N4O10S/c19-12-5-9(23(26)27)1-3-16(12)34-11-7-13(20)18(14(21)8-11)36(32,33)22-35-17-4-2-10(24(28)29)6-15(17)25(30)31/h1-8,22H. The molecule has 0 fully saturated rings.